The molecule has 0 spiro atoms. The van der Waals surface area contributed by atoms with Gasteiger partial charge in [0.2, 0.25) is 5.95 Å². The van der Waals surface area contributed by atoms with E-state index in [0.717, 1.165) is 24.6 Å². The molecule has 0 aromatic carbocycles. The van der Waals surface area contributed by atoms with Crippen LogP contribution in [0.15, 0.2) is 6.20 Å². The van der Waals surface area contributed by atoms with Gasteiger partial charge in [0.05, 0.1) is 17.8 Å². The SMILES string of the molecule is CCCCNc1nc(C)cn1C1CCCC1OC. The van der Waals surface area contributed by atoms with Crippen LogP contribution in [0.1, 0.15) is 50.8 Å². The zero-order chi connectivity index (χ0) is 13.0. The van der Waals surface area contributed by atoms with Crippen LogP contribution in [0.5, 0.6) is 0 Å². The van der Waals surface area contributed by atoms with E-state index >= 15 is 0 Å². The summed E-state index contributed by atoms with van der Waals surface area (Å²) in [6.07, 6.45) is 8.47. The highest BCUT2D eigenvalue weighted by molar-refractivity contribution is 5.30. The molecule has 1 aliphatic rings. The largest absolute Gasteiger partial charge is 0.379 e. The molecule has 0 bridgehead atoms. The smallest absolute Gasteiger partial charge is 0.203 e. The predicted molar refractivity (Wildman–Crippen MR) is 74.0 cm³/mol. The van der Waals surface area contributed by atoms with E-state index in [1.807, 2.05) is 7.11 Å². The lowest BCUT2D eigenvalue weighted by molar-refractivity contribution is 0.0755. The molecular weight excluding hydrogens is 226 g/mol. The molecule has 102 valence electrons. The second-order valence-corrected chi connectivity index (χ2v) is 5.17. The number of aryl methyl sites for hydroxylation is 1. The molecular formula is C14H25N3O. The Hall–Kier alpha value is -1.03. The molecule has 2 atom stereocenters. The summed E-state index contributed by atoms with van der Waals surface area (Å²) in [6, 6.07) is 0.445. The van der Waals surface area contributed by atoms with Crippen molar-refractivity contribution in [1.82, 2.24) is 9.55 Å². The van der Waals surface area contributed by atoms with Gasteiger partial charge >= 0.3 is 0 Å². The molecule has 0 saturated heterocycles. The third-order valence-electron chi connectivity index (χ3n) is 3.74. The molecule has 1 fully saturated rings. The maximum Gasteiger partial charge on any atom is 0.203 e. The van der Waals surface area contributed by atoms with Crippen molar-refractivity contribution in [3.05, 3.63) is 11.9 Å². The molecule has 0 aliphatic heterocycles. The van der Waals surface area contributed by atoms with E-state index in [-0.39, 0.29) is 0 Å². The van der Waals surface area contributed by atoms with Crippen molar-refractivity contribution >= 4 is 5.95 Å². The highest BCUT2D eigenvalue weighted by Crippen LogP contribution is 2.34. The van der Waals surface area contributed by atoms with Gasteiger partial charge in [0.25, 0.3) is 0 Å². The van der Waals surface area contributed by atoms with Gasteiger partial charge in [-0.3, -0.25) is 0 Å². The normalized spacial score (nSPS) is 23.5. The molecule has 0 radical (unpaired) electrons. The first-order valence-corrected chi connectivity index (χ1v) is 7.08. The summed E-state index contributed by atoms with van der Waals surface area (Å²) in [5.74, 6) is 1.01. The average Bonchev–Trinajstić information content (AvgIpc) is 2.95. The number of nitrogens with one attached hydrogen (secondary N) is 1. The first-order chi connectivity index (χ1) is 8.76. The lowest BCUT2D eigenvalue weighted by atomic mass is 10.2. The van der Waals surface area contributed by atoms with Crippen LogP contribution in [-0.2, 0) is 4.74 Å². The van der Waals surface area contributed by atoms with Crippen LogP contribution < -0.4 is 5.32 Å². The van der Waals surface area contributed by atoms with Crippen molar-refractivity contribution < 1.29 is 4.74 Å². The molecule has 18 heavy (non-hydrogen) atoms. The number of rotatable bonds is 6. The Bertz CT molecular complexity index is 375. The van der Waals surface area contributed by atoms with E-state index in [0.29, 0.717) is 12.1 Å². The number of ether oxygens (including phenoxy) is 1. The van der Waals surface area contributed by atoms with E-state index in [4.69, 9.17) is 4.74 Å². The molecule has 4 heteroatoms. The van der Waals surface area contributed by atoms with Crippen molar-refractivity contribution in [1.29, 1.82) is 0 Å². The van der Waals surface area contributed by atoms with Crippen molar-refractivity contribution in [3.63, 3.8) is 0 Å². The number of imidazole rings is 1. The lowest BCUT2D eigenvalue weighted by Crippen LogP contribution is -2.22. The number of nitrogens with zero attached hydrogens (tertiary/aromatic N) is 2. The molecule has 1 aromatic rings. The number of hydrogen-bond acceptors (Lipinski definition) is 3. The maximum atomic E-state index is 5.59. The zero-order valence-corrected chi connectivity index (χ0v) is 11.8. The van der Waals surface area contributed by atoms with Crippen LogP contribution >= 0.6 is 0 Å². The summed E-state index contributed by atoms with van der Waals surface area (Å²) in [5, 5.41) is 3.45. The van der Waals surface area contributed by atoms with Crippen molar-refractivity contribution in [2.24, 2.45) is 0 Å². The van der Waals surface area contributed by atoms with Crippen LogP contribution in [0, 0.1) is 6.92 Å². The van der Waals surface area contributed by atoms with Gasteiger partial charge in [-0.05, 0) is 32.6 Å². The highest BCUT2D eigenvalue weighted by atomic mass is 16.5. The van der Waals surface area contributed by atoms with E-state index in [1.165, 1.54) is 25.7 Å². The number of unbranched alkanes of at least 4 members (excludes halogenated alkanes) is 1. The standard InChI is InChI=1S/C14H25N3O/c1-4-5-9-15-14-16-11(2)10-17(14)12-7-6-8-13(12)18-3/h10,12-13H,4-9H2,1-3H3,(H,15,16). The highest BCUT2D eigenvalue weighted by Gasteiger charge is 2.30. The Morgan fingerprint density at radius 3 is 3.06 bits per heavy atom. The second-order valence-electron chi connectivity index (χ2n) is 5.17. The molecule has 1 aliphatic carbocycles. The Kier molecular flexibility index (Phi) is 4.64. The molecule has 1 heterocycles. The zero-order valence-electron chi connectivity index (χ0n) is 11.8. The van der Waals surface area contributed by atoms with E-state index in [2.05, 4.69) is 34.9 Å². The topological polar surface area (TPSA) is 39.1 Å². The predicted octanol–water partition coefficient (Wildman–Crippen LogP) is 3.14. The molecule has 1 N–H and O–H groups in total. The van der Waals surface area contributed by atoms with Gasteiger partial charge in [0.15, 0.2) is 0 Å². The molecule has 1 aromatic heterocycles. The summed E-state index contributed by atoms with van der Waals surface area (Å²) in [7, 11) is 1.82. The minimum atomic E-state index is 0.338. The fourth-order valence-electron chi connectivity index (χ4n) is 2.78. The quantitative estimate of drug-likeness (QED) is 0.789. The first-order valence-electron chi connectivity index (χ1n) is 7.08. The fourth-order valence-corrected chi connectivity index (χ4v) is 2.78. The van der Waals surface area contributed by atoms with Gasteiger partial charge in [-0.25, -0.2) is 4.98 Å². The second kappa shape index (κ2) is 6.23. The van der Waals surface area contributed by atoms with E-state index in [9.17, 15) is 0 Å². The summed E-state index contributed by atoms with van der Waals surface area (Å²) in [4.78, 5) is 4.59. The summed E-state index contributed by atoms with van der Waals surface area (Å²) < 4.78 is 7.88. The molecule has 2 rings (SSSR count). The van der Waals surface area contributed by atoms with Gasteiger partial charge < -0.3 is 14.6 Å². The van der Waals surface area contributed by atoms with Crippen molar-refractivity contribution in [2.75, 3.05) is 19.0 Å². The van der Waals surface area contributed by atoms with Gasteiger partial charge in [0, 0.05) is 19.9 Å². The first kappa shape index (κ1) is 13.4. The van der Waals surface area contributed by atoms with Crippen LogP contribution in [0.2, 0.25) is 0 Å². The summed E-state index contributed by atoms with van der Waals surface area (Å²) in [6.45, 7) is 5.26. The monoisotopic (exact) mass is 251 g/mol. The van der Waals surface area contributed by atoms with E-state index in [1.54, 1.807) is 0 Å². The molecule has 4 nitrogen and oxygen atoms in total. The van der Waals surface area contributed by atoms with Crippen LogP contribution in [-0.4, -0.2) is 29.3 Å². The number of hydrogen-bond donors (Lipinski definition) is 1. The lowest BCUT2D eigenvalue weighted by Gasteiger charge is -2.22. The Morgan fingerprint density at radius 2 is 2.33 bits per heavy atom. The van der Waals surface area contributed by atoms with Crippen molar-refractivity contribution in [3.8, 4) is 0 Å². The summed E-state index contributed by atoms with van der Waals surface area (Å²) >= 11 is 0. The third kappa shape index (κ3) is 2.86. The Morgan fingerprint density at radius 1 is 1.50 bits per heavy atom. The average molecular weight is 251 g/mol. The van der Waals surface area contributed by atoms with Crippen molar-refractivity contribution in [2.45, 2.75) is 58.1 Å². The molecule has 1 saturated carbocycles. The van der Waals surface area contributed by atoms with E-state index < -0.39 is 0 Å². The fraction of sp³-hybridized carbons (Fsp3) is 0.786. The van der Waals surface area contributed by atoms with Crippen LogP contribution in [0.4, 0.5) is 5.95 Å². The minimum absolute atomic E-state index is 0.338. The Balaban J connectivity index is 2.10. The number of methoxy groups -OCH3 is 1. The van der Waals surface area contributed by atoms with Crippen LogP contribution in [0.3, 0.4) is 0 Å². The number of anilines is 1. The number of aromatic nitrogens is 2. The summed E-state index contributed by atoms with van der Waals surface area (Å²) in [5.41, 5.74) is 1.08. The Labute approximate surface area is 110 Å². The van der Waals surface area contributed by atoms with Gasteiger partial charge in [0.1, 0.15) is 0 Å². The molecule has 0 amide bonds. The third-order valence-corrected chi connectivity index (χ3v) is 3.74. The maximum absolute atomic E-state index is 5.59. The molecule has 2 unspecified atom stereocenters. The van der Waals surface area contributed by atoms with Gasteiger partial charge in [-0.2, -0.15) is 0 Å². The van der Waals surface area contributed by atoms with Gasteiger partial charge in [-0.15, -0.1) is 0 Å². The minimum Gasteiger partial charge on any atom is -0.379 e. The van der Waals surface area contributed by atoms with Gasteiger partial charge in [-0.1, -0.05) is 13.3 Å². The van der Waals surface area contributed by atoms with Crippen LogP contribution in [0.25, 0.3) is 0 Å².